The monoisotopic (exact) mass is 465 g/mol. The van der Waals surface area contributed by atoms with Gasteiger partial charge in [-0.2, -0.15) is 15.6 Å². The molecular formula is C25H23N9O. The molecule has 10 heteroatoms. The Balaban J connectivity index is 1.31. The van der Waals surface area contributed by atoms with Gasteiger partial charge in [-0.05, 0) is 25.0 Å². The molecule has 2 unspecified atom stereocenters. The van der Waals surface area contributed by atoms with Crippen LogP contribution in [0.5, 0.6) is 0 Å². The van der Waals surface area contributed by atoms with E-state index in [0.29, 0.717) is 24.5 Å². The van der Waals surface area contributed by atoms with Crippen LogP contribution in [-0.2, 0) is 16.9 Å². The molecule has 4 aromatic heterocycles. The summed E-state index contributed by atoms with van der Waals surface area (Å²) < 4.78 is 7.24. The standard InChI is InChI=1S/C25H23N9O/c1-35-14-16-2-5-29-24(21(16)10-27)33-7-4-18(13-33)25(8-19(25)9-26)34-12-17(11-32-34)22-20-3-6-28-23(20)31-15-30-22/h2-3,5-6,11-12,15,18-19H,4,7-8,13-14H2,1H3,(H,28,30,31)/t18-,19?,25?/m0/s1. The summed E-state index contributed by atoms with van der Waals surface area (Å²) in [4.78, 5) is 18.6. The Kier molecular flexibility index (Phi) is 4.97. The first-order valence-corrected chi connectivity index (χ1v) is 11.5. The molecule has 0 radical (unpaired) electrons. The molecule has 35 heavy (non-hydrogen) atoms. The van der Waals surface area contributed by atoms with Gasteiger partial charge in [0, 0.05) is 61.2 Å². The van der Waals surface area contributed by atoms with Crippen molar-refractivity contribution < 1.29 is 4.74 Å². The summed E-state index contributed by atoms with van der Waals surface area (Å²) >= 11 is 0. The van der Waals surface area contributed by atoms with E-state index >= 15 is 0 Å². The van der Waals surface area contributed by atoms with Gasteiger partial charge in [0.15, 0.2) is 0 Å². The molecule has 174 valence electrons. The van der Waals surface area contributed by atoms with Gasteiger partial charge in [0.2, 0.25) is 0 Å². The average molecular weight is 466 g/mol. The van der Waals surface area contributed by atoms with Gasteiger partial charge in [-0.3, -0.25) is 4.68 Å². The zero-order valence-corrected chi connectivity index (χ0v) is 19.2. The highest BCUT2D eigenvalue weighted by molar-refractivity contribution is 5.90. The van der Waals surface area contributed by atoms with Gasteiger partial charge in [-0.1, -0.05) is 0 Å². The number of methoxy groups -OCH3 is 1. The normalized spacial score (nSPS) is 23.3. The average Bonchev–Trinajstić information content (AvgIpc) is 3.36. The van der Waals surface area contributed by atoms with E-state index in [0.717, 1.165) is 47.2 Å². The maximum Gasteiger partial charge on any atom is 0.146 e. The van der Waals surface area contributed by atoms with E-state index in [4.69, 9.17) is 9.84 Å². The van der Waals surface area contributed by atoms with E-state index in [2.05, 4.69) is 37.0 Å². The third kappa shape index (κ3) is 3.26. The summed E-state index contributed by atoms with van der Waals surface area (Å²) in [6, 6.07) is 8.58. The molecule has 1 aliphatic carbocycles. The van der Waals surface area contributed by atoms with Crippen LogP contribution in [0, 0.1) is 34.5 Å². The number of nitriles is 2. The molecule has 2 aliphatic rings. The van der Waals surface area contributed by atoms with Gasteiger partial charge in [-0.15, -0.1) is 0 Å². The summed E-state index contributed by atoms with van der Waals surface area (Å²) in [5.74, 6) is 0.781. The van der Waals surface area contributed by atoms with E-state index in [1.165, 1.54) is 0 Å². The molecule has 5 heterocycles. The first-order chi connectivity index (χ1) is 17.2. The lowest BCUT2D eigenvalue weighted by Crippen LogP contribution is -2.33. The van der Waals surface area contributed by atoms with Gasteiger partial charge >= 0.3 is 0 Å². The molecule has 10 nitrogen and oxygen atoms in total. The molecule has 1 N–H and O–H groups in total. The lowest BCUT2D eigenvalue weighted by Gasteiger charge is -2.25. The summed E-state index contributed by atoms with van der Waals surface area (Å²) in [6.45, 7) is 1.84. The number of nitrogens with zero attached hydrogens (tertiary/aromatic N) is 8. The van der Waals surface area contributed by atoms with Crippen molar-refractivity contribution in [2.75, 3.05) is 25.1 Å². The summed E-state index contributed by atoms with van der Waals surface area (Å²) in [5, 5.41) is 25.3. The van der Waals surface area contributed by atoms with Crippen molar-refractivity contribution >= 4 is 16.9 Å². The Morgan fingerprint density at radius 2 is 2.17 bits per heavy atom. The SMILES string of the molecule is COCc1ccnc(N2CC[C@H](C3(n4cc(-c5ncnc6[nH]ccc56)cn4)CC3C#N)C2)c1C#N. The number of hydrogen-bond donors (Lipinski definition) is 1. The van der Waals surface area contributed by atoms with Gasteiger partial charge < -0.3 is 14.6 Å². The molecule has 0 aromatic carbocycles. The zero-order chi connectivity index (χ0) is 24.0. The predicted octanol–water partition coefficient (Wildman–Crippen LogP) is 3.00. The number of pyridine rings is 1. The Morgan fingerprint density at radius 3 is 2.97 bits per heavy atom. The number of ether oxygens (including phenoxy) is 1. The van der Waals surface area contributed by atoms with Crippen molar-refractivity contribution in [2.24, 2.45) is 11.8 Å². The fourth-order valence-electron chi connectivity index (χ4n) is 5.58. The predicted molar refractivity (Wildman–Crippen MR) is 127 cm³/mol. The molecule has 1 saturated carbocycles. The second-order valence-corrected chi connectivity index (χ2v) is 9.16. The number of fused-ring (bicyclic) bond motifs is 1. The first kappa shape index (κ1) is 21.3. The van der Waals surface area contributed by atoms with Crippen molar-refractivity contribution in [1.82, 2.24) is 29.7 Å². The van der Waals surface area contributed by atoms with Crippen LogP contribution in [0.15, 0.2) is 43.2 Å². The minimum atomic E-state index is -0.372. The molecule has 4 aromatic rings. The first-order valence-electron chi connectivity index (χ1n) is 11.5. The fraction of sp³-hybridized carbons (Fsp3) is 0.360. The quantitative estimate of drug-likeness (QED) is 0.459. The number of anilines is 1. The highest BCUT2D eigenvalue weighted by Crippen LogP contribution is 2.57. The number of H-pyrrole nitrogens is 1. The fourth-order valence-corrected chi connectivity index (χ4v) is 5.58. The minimum Gasteiger partial charge on any atom is -0.380 e. The van der Waals surface area contributed by atoms with E-state index < -0.39 is 0 Å². The number of hydrogen-bond acceptors (Lipinski definition) is 8. The van der Waals surface area contributed by atoms with Crippen molar-refractivity contribution in [1.29, 1.82) is 10.5 Å². The Morgan fingerprint density at radius 1 is 1.26 bits per heavy atom. The number of aromatic amines is 1. The second kappa shape index (κ2) is 8.19. The van der Waals surface area contributed by atoms with Gasteiger partial charge in [0.25, 0.3) is 0 Å². The van der Waals surface area contributed by atoms with Crippen LogP contribution in [0.1, 0.15) is 24.0 Å². The molecule has 2 fully saturated rings. The van der Waals surface area contributed by atoms with Crippen molar-refractivity contribution in [3.8, 4) is 23.4 Å². The largest absolute Gasteiger partial charge is 0.380 e. The Hall–Kier alpha value is -4.28. The van der Waals surface area contributed by atoms with E-state index in [-0.39, 0.29) is 17.4 Å². The molecule has 3 atom stereocenters. The third-order valence-corrected chi connectivity index (χ3v) is 7.39. The van der Waals surface area contributed by atoms with E-state index in [9.17, 15) is 10.5 Å². The summed E-state index contributed by atoms with van der Waals surface area (Å²) in [6.07, 6.45) is 10.6. The minimum absolute atomic E-state index is 0.110. The second-order valence-electron chi connectivity index (χ2n) is 9.16. The van der Waals surface area contributed by atoms with Crippen molar-refractivity contribution in [2.45, 2.75) is 25.0 Å². The molecule has 0 bridgehead atoms. The van der Waals surface area contributed by atoms with Gasteiger partial charge in [0.1, 0.15) is 29.4 Å². The van der Waals surface area contributed by atoms with E-state index in [1.54, 1.807) is 19.6 Å². The third-order valence-electron chi connectivity index (χ3n) is 7.39. The summed E-state index contributed by atoms with van der Waals surface area (Å²) in [5.41, 5.74) is 3.51. The van der Waals surface area contributed by atoms with Crippen LogP contribution in [0.3, 0.4) is 0 Å². The summed E-state index contributed by atoms with van der Waals surface area (Å²) in [7, 11) is 1.62. The van der Waals surface area contributed by atoms with Crippen LogP contribution in [-0.4, -0.2) is 49.9 Å². The highest BCUT2D eigenvalue weighted by atomic mass is 16.5. The molecule has 0 amide bonds. The van der Waals surface area contributed by atoms with Crippen LogP contribution in [0.25, 0.3) is 22.3 Å². The zero-order valence-electron chi connectivity index (χ0n) is 19.2. The van der Waals surface area contributed by atoms with Gasteiger partial charge in [0.05, 0.1) is 36.0 Å². The lowest BCUT2D eigenvalue weighted by molar-refractivity contribution is 0.184. The lowest BCUT2D eigenvalue weighted by atomic mass is 9.94. The van der Waals surface area contributed by atoms with Crippen LogP contribution in [0.2, 0.25) is 0 Å². The number of nitrogens with one attached hydrogen (secondary N) is 1. The van der Waals surface area contributed by atoms with Crippen molar-refractivity contribution in [3.05, 3.63) is 54.4 Å². The molecule has 1 saturated heterocycles. The Bertz CT molecular complexity index is 1490. The molecular weight excluding hydrogens is 442 g/mol. The number of rotatable bonds is 6. The number of aromatic nitrogens is 6. The van der Waals surface area contributed by atoms with Crippen LogP contribution >= 0.6 is 0 Å². The van der Waals surface area contributed by atoms with Crippen LogP contribution in [0.4, 0.5) is 5.82 Å². The molecule has 6 rings (SSSR count). The van der Waals surface area contributed by atoms with E-state index in [1.807, 2.05) is 35.4 Å². The highest BCUT2D eigenvalue weighted by Gasteiger charge is 2.63. The van der Waals surface area contributed by atoms with Crippen molar-refractivity contribution in [3.63, 3.8) is 0 Å². The van der Waals surface area contributed by atoms with Crippen LogP contribution < -0.4 is 4.90 Å². The Labute approximate surface area is 201 Å². The topological polar surface area (TPSA) is 132 Å². The molecule has 0 spiro atoms. The van der Waals surface area contributed by atoms with Gasteiger partial charge in [-0.25, -0.2) is 15.0 Å². The smallest absolute Gasteiger partial charge is 0.146 e. The molecule has 1 aliphatic heterocycles. The maximum absolute atomic E-state index is 9.86. The maximum atomic E-state index is 9.86.